The monoisotopic (exact) mass is 195 g/mol. The molecule has 12 heavy (non-hydrogen) atoms. The number of nitrogens with two attached hydrogens (primary N) is 1. The first-order valence-electron chi connectivity index (χ1n) is 3.75. The van der Waals surface area contributed by atoms with Gasteiger partial charge in [0.15, 0.2) is 0 Å². The molecule has 0 aliphatic heterocycles. The second-order valence-corrected chi connectivity index (χ2v) is 3.68. The Morgan fingerprint density at radius 1 is 1.42 bits per heavy atom. The van der Waals surface area contributed by atoms with Gasteiger partial charge in [0, 0.05) is 12.8 Å². The normalized spacial score (nSPS) is 10.3. The molecule has 0 saturated heterocycles. The molecule has 0 saturated carbocycles. The van der Waals surface area contributed by atoms with Crippen LogP contribution in [0, 0.1) is 0 Å². The van der Waals surface area contributed by atoms with Crippen LogP contribution in [0.15, 0.2) is 0 Å². The highest BCUT2D eigenvalue weighted by Crippen LogP contribution is 1.96. The molecule has 0 unspecified atom stereocenters. The van der Waals surface area contributed by atoms with E-state index in [9.17, 15) is 4.79 Å². The summed E-state index contributed by atoms with van der Waals surface area (Å²) >= 11 is 0. The van der Waals surface area contributed by atoms with E-state index in [0.717, 1.165) is 17.4 Å². The molecular weight excluding hydrogens is 178 g/mol. The molecule has 0 atom stereocenters. The van der Waals surface area contributed by atoms with Gasteiger partial charge in [-0.1, -0.05) is 0 Å². The Morgan fingerprint density at radius 3 is 2.25 bits per heavy atom. The number of carbonyl (C=O) groups excluding carboxylic acids is 1. The van der Waals surface area contributed by atoms with Crippen LogP contribution in [-0.2, 0) is 4.79 Å². The van der Waals surface area contributed by atoms with Gasteiger partial charge in [0.05, 0.1) is 27.7 Å². The van der Waals surface area contributed by atoms with E-state index in [1.807, 2.05) is 0 Å². The zero-order valence-corrected chi connectivity index (χ0v) is 8.69. The number of quaternary nitrogens is 1. The quantitative estimate of drug-likeness (QED) is 0.212. The molecule has 0 heterocycles. The second kappa shape index (κ2) is 6.22. The Bertz CT molecular complexity index is 133. The molecule has 0 spiro atoms. The Balaban J connectivity index is 0. The van der Waals surface area contributed by atoms with Crippen molar-refractivity contribution in [3.63, 3.8) is 0 Å². The van der Waals surface area contributed by atoms with Crippen LogP contribution in [0.4, 0.5) is 0 Å². The van der Waals surface area contributed by atoms with Crippen LogP contribution in [0.5, 0.6) is 0 Å². The zero-order valence-electron chi connectivity index (χ0n) is 7.93. The van der Waals surface area contributed by atoms with Crippen molar-refractivity contribution in [1.82, 2.24) is 5.43 Å². The second-order valence-electron chi connectivity index (χ2n) is 3.68. The van der Waals surface area contributed by atoms with Gasteiger partial charge >= 0.3 is 0 Å². The summed E-state index contributed by atoms with van der Waals surface area (Å²) in [5.41, 5.74) is 2.11. The van der Waals surface area contributed by atoms with Gasteiger partial charge in [-0.05, 0) is 0 Å². The lowest BCUT2D eigenvalue weighted by Gasteiger charge is -2.23. The van der Waals surface area contributed by atoms with Crippen LogP contribution >= 0.6 is 0 Å². The van der Waals surface area contributed by atoms with Crippen molar-refractivity contribution in [2.75, 3.05) is 27.7 Å². The summed E-state index contributed by atoms with van der Waals surface area (Å²) in [4.78, 5) is 10.7. The fraction of sp³-hybridized carbons (Fsp3) is 0.857. The number of hydrogen-bond acceptors (Lipinski definition) is 2. The Kier molecular flexibility index (Phi) is 7.37. The number of hydrazine groups is 1. The highest BCUT2D eigenvalue weighted by Gasteiger charge is 2.07. The molecule has 0 bridgehead atoms. The van der Waals surface area contributed by atoms with E-state index in [0.29, 0.717) is 6.42 Å². The van der Waals surface area contributed by atoms with E-state index in [1.165, 1.54) is 0 Å². The molecule has 0 rings (SSSR count). The lowest BCUT2D eigenvalue weighted by Crippen LogP contribution is -3.00. The van der Waals surface area contributed by atoms with Crippen molar-refractivity contribution in [2.45, 2.75) is 12.8 Å². The maximum Gasteiger partial charge on any atom is 0.234 e. The molecule has 1 amide bonds. The minimum Gasteiger partial charge on any atom is -1.00 e. The molecule has 3 N–H and O–H groups in total. The first-order chi connectivity index (χ1) is 4.95. The van der Waals surface area contributed by atoms with Crippen LogP contribution in [0.25, 0.3) is 0 Å². The molecule has 4 nitrogen and oxygen atoms in total. The van der Waals surface area contributed by atoms with Gasteiger partial charge in [0.25, 0.3) is 0 Å². The summed E-state index contributed by atoms with van der Waals surface area (Å²) in [5.74, 6) is 4.83. The Labute approximate surface area is 80.1 Å². The fourth-order valence-electron chi connectivity index (χ4n) is 0.786. The summed E-state index contributed by atoms with van der Waals surface area (Å²) in [5, 5.41) is 0. The van der Waals surface area contributed by atoms with Crippen molar-refractivity contribution < 1.29 is 21.7 Å². The number of rotatable bonds is 4. The molecule has 0 aromatic rings. The molecule has 0 aliphatic rings. The molecule has 0 aliphatic carbocycles. The van der Waals surface area contributed by atoms with Crippen molar-refractivity contribution >= 4 is 5.91 Å². The molecule has 0 radical (unpaired) electrons. The third-order valence-electron chi connectivity index (χ3n) is 1.39. The molecular formula is C7H18ClN3O. The first-order valence-corrected chi connectivity index (χ1v) is 3.75. The van der Waals surface area contributed by atoms with Gasteiger partial charge in [-0.2, -0.15) is 0 Å². The van der Waals surface area contributed by atoms with E-state index < -0.39 is 0 Å². The molecule has 0 aromatic heterocycles. The van der Waals surface area contributed by atoms with Crippen molar-refractivity contribution in [3.05, 3.63) is 0 Å². The number of nitrogens with zero attached hydrogens (tertiary/aromatic N) is 1. The minimum atomic E-state index is -0.0848. The Hall–Kier alpha value is -0.320. The van der Waals surface area contributed by atoms with Gasteiger partial charge in [-0.25, -0.2) is 5.84 Å². The van der Waals surface area contributed by atoms with Crippen molar-refractivity contribution in [2.24, 2.45) is 5.84 Å². The molecule has 74 valence electrons. The zero-order chi connectivity index (χ0) is 8.91. The summed E-state index contributed by atoms with van der Waals surface area (Å²) in [6.45, 7) is 0.993. The predicted molar refractivity (Wildman–Crippen MR) is 44.5 cm³/mol. The SMILES string of the molecule is C[N+](C)(C)CCCC(=O)NN.[Cl-]. The average Bonchev–Trinajstić information content (AvgIpc) is 1.85. The number of amides is 1. The lowest BCUT2D eigenvalue weighted by atomic mass is 10.3. The van der Waals surface area contributed by atoms with E-state index in [2.05, 4.69) is 26.6 Å². The van der Waals surface area contributed by atoms with E-state index in [1.54, 1.807) is 0 Å². The van der Waals surface area contributed by atoms with Crippen LogP contribution in [0.3, 0.4) is 0 Å². The highest BCUT2D eigenvalue weighted by molar-refractivity contribution is 5.75. The van der Waals surface area contributed by atoms with Crippen LogP contribution < -0.4 is 23.7 Å². The van der Waals surface area contributed by atoms with E-state index >= 15 is 0 Å². The Morgan fingerprint density at radius 2 is 1.92 bits per heavy atom. The van der Waals surface area contributed by atoms with Crippen molar-refractivity contribution in [1.29, 1.82) is 0 Å². The number of carbonyl (C=O) groups is 1. The third kappa shape index (κ3) is 9.68. The van der Waals surface area contributed by atoms with Crippen LogP contribution in [-0.4, -0.2) is 38.1 Å². The number of hydrogen-bond donors (Lipinski definition) is 2. The maximum atomic E-state index is 10.7. The average molecular weight is 196 g/mol. The van der Waals surface area contributed by atoms with E-state index in [-0.39, 0.29) is 18.3 Å². The molecule has 5 heteroatoms. The van der Waals surface area contributed by atoms with Crippen LogP contribution in [0.2, 0.25) is 0 Å². The summed E-state index contributed by atoms with van der Waals surface area (Å²) in [6, 6.07) is 0. The molecule has 0 fully saturated rings. The van der Waals surface area contributed by atoms with Gasteiger partial charge < -0.3 is 16.9 Å². The largest absolute Gasteiger partial charge is 1.00 e. The summed E-state index contributed by atoms with van der Waals surface area (Å²) in [7, 11) is 6.29. The lowest BCUT2D eigenvalue weighted by molar-refractivity contribution is -0.870. The third-order valence-corrected chi connectivity index (χ3v) is 1.39. The summed E-state index contributed by atoms with van der Waals surface area (Å²) < 4.78 is 0.887. The highest BCUT2D eigenvalue weighted by atomic mass is 35.5. The fourth-order valence-corrected chi connectivity index (χ4v) is 0.786. The first kappa shape index (κ1) is 14.2. The van der Waals surface area contributed by atoms with Gasteiger partial charge in [-0.15, -0.1) is 0 Å². The van der Waals surface area contributed by atoms with Crippen LogP contribution in [0.1, 0.15) is 12.8 Å². The predicted octanol–water partition coefficient (Wildman–Crippen LogP) is -3.53. The smallest absolute Gasteiger partial charge is 0.234 e. The molecule has 0 aromatic carbocycles. The minimum absolute atomic E-state index is 0. The standard InChI is InChI=1S/C7H17N3O.ClH/c1-10(2,3)6-4-5-7(11)9-8;/h4-6,8H2,1-3H3;1H. The van der Waals surface area contributed by atoms with Gasteiger partial charge in [-0.3, -0.25) is 10.2 Å². The summed E-state index contributed by atoms with van der Waals surface area (Å²) in [6.07, 6.45) is 1.40. The van der Waals surface area contributed by atoms with Gasteiger partial charge in [0.1, 0.15) is 0 Å². The number of halogens is 1. The maximum absolute atomic E-state index is 10.7. The van der Waals surface area contributed by atoms with Gasteiger partial charge in [0.2, 0.25) is 5.91 Å². The van der Waals surface area contributed by atoms with E-state index in [4.69, 9.17) is 5.84 Å². The van der Waals surface area contributed by atoms with Crippen molar-refractivity contribution in [3.8, 4) is 0 Å². The topological polar surface area (TPSA) is 55.1 Å². The number of nitrogens with one attached hydrogen (secondary N) is 1.